The summed E-state index contributed by atoms with van der Waals surface area (Å²) in [7, 11) is 0. The molecule has 1 nitrogen and oxygen atoms in total. The molecule has 2 heteroatoms. The van der Waals surface area contributed by atoms with Crippen molar-refractivity contribution in [1.29, 1.82) is 0 Å². The van der Waals surface area contributed by atoms with Crippen molar-refractivity contribution in [1.82, 2.24) is 0 Å². The first-order valence-corrected chi connectivity index (χ1v) is 6.77. The van der Waals surface area contributed by atoms with Crippen molar-refractivity contribution >= 4 is 19.4 Å². The van der Waals surface area contributed by atoms with E-state index in [2.05, 4.69) is 18.7 Å². The van der Waals surface area contributed by atoms with Crippen LogP contribution >= 0.6 is 0 Å². The van der Waals surface area contributed by atoms with Crippen molar-refractivity contribution in [2.45, 2.75) is 17.8 Å². The van der Waals surface area contributed by atoms with Crippen LogP contribution in [0.25, 0.3) is 0 Å². The van der Waals surface area contributed by atoms with Crippen LogP contribution in [0.3, 0.4) is 0 Å². The third-order valence-electron chi connectivity index (χ3n) is 1.97. The fourth-order valence-corrected chi connectivity index (χ4v) is 3.22. The zero-order valence-corrected chi connectivity index (χ0v) is 10.5. The molecule has 0 heterocycles. The molecule has 2 unspecified atom stereocenters. The molecule has 0 aliphatic carbocycles. The predicted molar refractivity (Wildman–Crippen MR) is 66.6 cm³/mol. The van der Waals surface area contributed by atoms with Crippen LogP contribution in [-0.2, 0) is 0 Å². The molecular formula is C13H16OSe. The Balaban J connectivity index is 2.65. The average molecular weight is 267 g/mol. The van der Waals surface area contributed by atoms with Gasteiger partial charge in [-0.1, -0.05) is 0 Å². The predicted octanol–water partition coefficient (Wildman–Crippen LogP) is 1.93. The molecule has 0 saturated carbocycles. The molecule has 0 aromatic heterocycles. The molecule has 0 spiro atoms. The van der Waals surface area contributed by atoms with Gasteiger partial charge in [-0.05, 0) is 0 Å². The second-order valence-electron chi connectivity index (χ2n) is 3.15. The Bertz CT molecular complexity index is 319. The third-order valence-corrected chi connectivity index (χ3v) is 4.68. The SMILES string of the molecule is C=CC([Se]c1ccccc1)C(O)/C=C/C. The van der Waals surface area contributed by atoms with Crippen LogP contribution in [0.1, 0.15) is 6.92 Å². The molecule has 80 valence electrons. The standard InChI is InChI=1S/C13H16OSe/c1-3-8-12(14)13(4-2)15-11-9-6-5-7-10-11/h3-10,12-14H,2H2,1H3/b8-3+. The first-order chi connectivity index (χ1) is 7.27. The summed E-state index contributed by atoms with van der Waals surface area (Å²) in [5.74, 6) is 0. The molecule has 1 rings (SSSR count). The van der Waals surface area contributed by atoms with E-state index in [0.717, 1.165) is 0 Å². The fourth-order valence-electron chi connectivity index (χ4n) is 1.22. The van der Waals surface area contributed by atoms with E-state index in [1.54, 1.807) is 0 Å². The summed E-state index contributed by atoms with van der Waals surface area (Å²) < 4.78 is 1.29. The van der Waals surface area contributed by atoms with Crippen molar-refractivity contribution in [3.63, 3.8) is 0 Å². The van der Waals surface area contributed by atoms with Crippen LogP contribution in [-0.4, -0.2) is 26.2 Å². The van der Waals surface area contributed by atoms with Crippen LogP contribution in [0, 0.1) is 0 Å². The maximum absolute atomic E-state index is 9.83. The van der Waals surface area contributed by atoms with Gasteiger partial charge < -0.3 is 0 Å². The number of rotatable bonds is 5. The number of hydrogen-bond acceptors (Lipinski definition) is 1. The maximum atomic E-state index is 9.83. The van der Waals surface area contributed by atoms with Crippen molar-refractivity contribution < 1.29 is 5.11 Å². The van der Waals surface area contributed by atoms with Gasteiger partial charge in [-0.25, -0.2) is 0 Å². The molecule has 1 aromatic rings. The number of allylic oxidation sites excluding steroid dienone is 1. The van der Waals surface area contributed by atoms with Crippen molar-refractivity contribution in [2.24, 2.45) is 0 Å². The van der Waals surface area contributed by atoms with Gasteiger partial charge in [-0.3, -0.25) is 0 Å². The average Bonchev–Trinajstić information content (AvgIpc) is 2.27. The summed E-state index contributed by atoms with van der Waals surface area (Å²) in [6.07, 6.45) is 5.13. The van der Waals surface area contributed by atoms with Crippen LogP contribution < -0.4 is 4.46 Å². The van der Waals surface area contributed by atoms with Crippen LogP contribution in [0.5, 0.6) is 0 Å². The van der Waals surface area contributed by atoms with Gasteiger partial charge in [-0.15, -0.1) is 0 Å². The molecule has 0 saturated heterocycles. The van der Waals surface area contributed by atoms with Gasteiger partial charge in [0.15, 0.2) is 0 Å². The molecule has 0 radical (unpaired) electrons. The van der Waals surface area contributed by atoms with Gasteiger partial charge >= 0.3 is 97.5 Å². The second kappa shape index (κ2) is 6.62. The molecule has 0 fully saturated rings. The van der Waals surface area contributed by atoms with Crippen LogP contribution in [0.2, 0.25) is 4.82 Å². The van der Waals surface area contributed by atoms with Crippen molar-refractivity contribution in [3.8, 4) is 0 Å². The van der Waals surface area contributed by atoms with Gasteiger partial charge in [0.1, 0.15) is 0 Å². The molecule has 15 heavy (non-hydrogen) atoms. The molecule has 0 aliphatic heterocycles. The minimum absolute atomic E-state index is 0.149. The summed E-state index contributed by atoms with van der Waals surface area (Å²) >= 11 is 0.238. The van der Waals surface area contributed by atoms with E-state index in [4.69, 9.17) is 0 Å². The van der Waals surface area contributed by atoms with E-state index in [1.165, 1.54) is 4.46 Å². The Kier molecular flexibility index (Phi) is 5.41. The fraction of sp³-hybridized carbons (Fsp3) is 0.231. The Morgan fingerprint density at radius 3 is 2.53 bits per heavy atom. The number of hydrogen-bond donors (Lipinski definition) is 1. The Morgan fingerprint density at radius 2 is 2.00 bits per heavy atom. The molecule has 1 aromatic carbocycles. The second-order valence-corrected chi connectivity index (χ2v) is 5.77. The summed E-state index contributed by atoms with van der Waals surface area (Å²) in [5, 5.41) is 9.83. The van der Waals surface area contributed by atoms with E-state index in [1.807, 2.05) is 43.4 Å². The molecule has 0 amide bonds. The van der Waals surface area contributed by atoms with E-state index in [9.17, 15) is 5.11 Å². The van der Waals surface area contributed by atoms with Crippen molar-refractivity contribution in [3.05, 3.63) is 55.1 Å². The van der Waals surface area contributed by atoms with Gasteiger partial charge in [0.2, 0.25) is 0 Å². The first-order valence-electron chi connectivity index (χ1n) is 4.93. The van der Waals surface area contributed by atoms with E-state index < -0.39 is 6.10 Å². The Hall–Kier alpha value is -0.821. The summed E-state index contributed by atoms with van der Waals surface area (Å²) in [6, 6.07) is 10.3. The molecule has 0 aliphatic rings. The molecular weight excluding hydrogens is 251 g/mol. The van der Waals surface area contributed by atoms with Gasteiger partial charge in [0.05, 0.1) is 0 Å². The zero-order chi connectivity index (χ0) is 11.1. The van der Waals surface area contributed by atoms with Crippen LogP contribution in [0.4, 0.5) is 0 Å². The third kappa shape index (κ3) is 4.05. The Labute approximate surface area is 97.7 Å². The first kappa shape index (κ1) is 12.3. The normalized spacial score (nSPS) is 15.1. The minimum atomic E-state index is -0.410. The molecule has 1 N–H and O–H groups in total. The molecule has 2 atom stereocenters. The summed E-state index contributed by atoms with van der Waals surface area (Å²) in [6.45, 7) is 5.70. The quantitative estimate of drug-likeness (QED) is 0.638. The van der Waals surface area contributed by atoms with E-state index >= 15 is 0 Å². The topological polar surface area (TPSA) is 20.2 Å². The van der Waals surface area contributed by atoms with Crippen LogP contribution in [0.15, 0.2) is 55.1 Å². The summed E-state index contributed by atoms with van der Waals surface area (Å²) in [4.78, 5) is 0.149. The molecule has 0 bridgehead atoms. The van der Waals surface area contributed by atoms with E-state index in [0.29, 0.717) is 0 Å². The zero-order valence-electron chi connectivity index (χ0n) is 8.84. The number of benzene rings is 1. The monoisotopic (exact) mass is 268 g/mol. The van der Waals surface area contributed by atoms with E-state index in [-0.39, 0.29) is 19.8 Å². The number of aliphatic hydroxyl groups excluding tert-OH is 1. The van der Waals surface area contributed by atoms with Gasteiger partial charge in [-0.2, -0.15) is 0 Å². The number of aliphatic hydroxyl groups is 1. The summed E-state index contributed by atoms with van der Waals surface area (Å²) in [5.41, 5.74) is 0. The van der Waals surface area contributed by atoms with Crippen molar-refractivity contribution in [2.75, 3.05) is 0 Å². The van der Waals surface area contributed by atoms with Gasteiger partial charge in [0, 0.05) is 0 Å². The van der Waals surface area contributed by atoms with Gasteiger partial charge in [0.25, 0.3) is 0 Å². The Morgan fingerprint density at radius 1 is 1.33 bits per heavy atom.